The van der Waals surface area contributed by atoms with E-state index in [1.165, 1.54) is 52.8 Å². The summed E-state index contributed by atoms with van der Waals surface area (Å²) in [5, 5.41) is 2.72. The maximum absolute atomic E-state index is 12.7. The van der Waals surface area contributed by atoms with Crippen LogP contribution in [-0.4, -0.2) is 56.7 Å². The molecule has 2 aliphatic rings. The molecule has 1 N–H and O–H groups in total. The first-order valence-electron chi connectivity index (χ1n) is 10.9. The van der Waals surface area contributed by atoms with E-state index in [0.717, 1.165) is 4.90 Å². The SMILES string of the molecule is O=C(Nc1ccc(S(=O)(=O)N2CCOCC2)cc1)c1ccc(N2C(=O)c3ccccc3C2=O)cc1. The average Bonchev–Trinajstić information content (AvgIpc) is 3.15. The van der Waals surface area contributed by atoms with E-state index in [0.29, 0.717) is 54.4 Å². The number of amides is 3. The monoisotopic (exact) mass is 491 g/mol. The second-order valence-electron chi connectivity index (χ2n) is 8.03. The van der Waals surface area contributed by atoms with Crippen LogP contribution < -0.4 is 10.2 Å². The van der Waals surface area contributed by atoms with Crippen molar-refractivity contribution in [3.05, 3.63) is 89.5 Å². The molecule has 0 saturated carbocycles. The summed E-state index contributed by atoms with van der Waals surface area (Å²) < 4.78 is 32.0. The van der Waals surface area contributed by atoms with Crippen LogP contribution in [0.2, 0.25) is 0 Å². The number of carbonyl (C=O) groups is 3. The molecular weight excluding hydrogens is 470 g/mol. The minimum absolute atomic E-state index is 0.141. The van der Waals surface area contributed by atoms with Crippen LogP contribution in [0.4, 0.5) is 11.4 Å². The first kappa shape index (κ1) is 22.9. The van der Waals surface area contributed by atoms with E-state index in [4.69, 9.17) is 4.74 Å². The van der Waals surface area contributed by atoms with Crippen LogP contribution in [0, 0.1) is 0 Å². The Morgan fingerprint density at radius 3 is 1.94 bits per heavy atom. The number of nitrogens with one attached hydrogen (secondary N) is 1. The molecule has 0 unspecified atom stereocenters. The molecule has 0 aliphatic carbocycles. The van der Waals surface area contributed by atoms with Gasteiger partial charge in [0, 0.05) is 24.3 Å². The van der Waals surface area contributed by atoms with Crippen LogP contribution >= 0.6 is 0 Å². The highest BCUT2D eigenvalue weighted by Crippen LogP contribution is 2.28. The predicted octanol–water partition coefficient (Wildman–Crippen LogP) is 2.76. The Kier molecular flexibility index (Phi) is 5.93. The lowest BCUT2D eigenvalue weighted by atomic mass is 10.1. The molecule has 0 spiro atoms. The lowest BCUT2D eigenvalue weighted by Gasteiger charge is -2.26. The molecule has 0 atom stereocenters. The largest absolute Gasteiger partial charge is 0.379 e. The van der Waals surface area contributed by atoms with Gasteiger partial charge in [0.15, 0.2) is 0 Å². The molecule has 0 bridgehead atoms. The molecule has 3 amide bonds. The van der Waals surface area contributed by atoms with Crippen LogP contribution in [0.3, 0.4) is 0 Å². The molecule has 5 rings (SSSR count). The Labute approximate surface area is 202 Å². The van der Waals surface area contributed by atoms with Crippen molar-refractivity contribution in [3.8, 4) is 0 Å². The molecular formula is C25H21N3O6S. The number of hydrogen-bond acceptors (Lipinski definition) is 6. The summed E-state index contributed by atoms with van der Waals surface area (Å²) in [6.07, 6.45) is 0. The summed E-state index contributed by atoms with van der Waals surface area (Å²) in [6.45, 7) is 1.33. The molecule has 3 aromatic carbocycles. The number of sulfonamides is 1. The van der Waals surface area contributed by atoms with Gasteiger partial charge in [-0.25, -0.2) is 13.3 Å². The molecule has 0 aromatic heterocycles. The van der Waals surface area contributed by atoms with Crippen molar-refractivity contribution in [2.75, 3.05) is 36.5 Å². The van der Waals surface area contributed by atoms with Crippen molar-refractivity contribution in [1.29, 1.82) is 0 Å². The van der Waals surface area contributed by atoms with Gasteiger partial charge >= 0.3 is 0 Å². The van der Waals surface area contributed by atoms with Gasteiger partial charge < -0.3 is 10.1 Å². The smallest absolute Gasteiger partial charge is 0.266 e. The molecule has 3 aromatic rings. The number of rotatable bonds is 5. The van der Waals surface area contributed by atoms with Crippen LogP contribution in [0.15, 0.2) is 77.7 Å². The summed E-state index contributed by atoms with van der Waals surface area (Å²) in [5.74, 6) is -1.23. The van der Waals surface area contributed by atoms with Gasteiger partial charge in [0.1, 0.15) is 0 Å². The molecule has 1 fully saturated rings. The van der Waals surface area contributed by atoms with Crippen molar-refractivity contribution >= 4 is 39.1 Å². The second kappa shape index (κ2) is 9.06. The van der Waals surface area contributed by atoms with Gasteiger partial charge in [0.25, 0.3) is 17.7 Å². The fraction of sp³-hybridized carbons (Fsp3) is 0.160. The average molecular weight is 492 g/mol. The molecule has 9 nitrogen and oxygen atoms in total. The van der Waals surface area contributed by atoms with Gasteiger partial charge in [-0.05, 0) is 60.7 Å². The molecule has 2 heterocycles. The quantitative estimate of drug-likeness (QED) is 0.549. The van der Waals surface area contributed by atoms with Crippen molar-refractivity contribution in [1.82, 2.24) is 4.31 Å². The normalized spacial score (nSPS) is 16.3. The molecule has 35 heavy (non-hydrogen) atoms. The van der Waals surface area contributed by atoms with E-state index in [9.17, 15) is 22.8 Å². The summed E-state index contributed by atoms with van der Waals surface area (Å²) in [5.41, 5.74) is 1.80. The van der Waals surface area contributed by atoms with Gasteiger partial charge in [-0.1, -0.05) is 12.1 Å². The van der Waals surface area contributed by atoms with Gasteiger partial charge in [-0.15, -0.1) is 0 Å². The Morgan fingerprint density at radius 1 is 0.800 bits per heavy atom. The third-order valence-corrected chi connectivity index (χ3v) is 7.81. The zero-order valence-corrected chi connectivity index (χ0v) is 19.3. The van der Waals surface area contributed by atoms with E-state index in [-0.39, 0.29) is 4.90 Å². The van der Waals surface area contributed by atoms with Crippen LogP contribution in [0.25, 0.3) is 0 Å². The third-order valence-electron chi connectivity index (χ3n) is 5.90. The maximum Gasteiger partial charge on any atom is 0.266 e. The van der Waals surface area contributed by atoms with Crippen LogP contribution in [0.1, 0.15) is 31.1 Å². The topological polar surface area (TPSA) is 113 Å². The maximum atomic E-state index is 12.7. The highest BCUT2D eigenvalue weighted by Gasteiger charge is 2.36. The highest BCUT2D eigenvalue weighted by molar-refractivity contribution is 7.89. The Bertz CT molecular complexity index is 1380. The number of anilines is 2. The lowest BCUT2D eigenvalue weighted by molar-refractivity contribution is 0.0730. The summed E-state index contributed by atoms with van der Waals surface area (Å²) in [4.78, 5) is 39.2. The zero-order chi connectivity index (χ0) is 24.6. The third kappa shape index (κ3) is 4.23. The van der Waals surface area contributed by atoms with Gasteiger partial charge in [-0.3, -0.25) is 14.4 Å². The minimum Gasteiger partial charge on any atom is -0.379 e. The Balaban J connectivity index is 1.27. The number of nitrogens with zero attached hydrogens (tertiary/aromatic N) is 2. The van der Waals surface area contributed by atoms with Crippen molar-refractivity contribution in [2.45, 2.75) is 4.90 Å². The fourth-order valence-electron chi connectivity index (χ4n) is 4.04. The van der Waals surface area contributed by atoms with Crippen molar-refractivity contribution < 1.29 is 27.5 Å². The summed E-state index contributed by atoms with van der Waals surface area (Å²) in [6, 6.07) is 18.7. The first-order valence-corrected chi connectivity index (χ1v) is 12.4. The van der Waals surface area contributed by atoms with E-state index >= 15 is 0 Å². The van der Waals surface area contributed by atoms with Crippen molar-refractivity contribution in [3.63, 3.8) is 0 Å². The number of ether oxygens (including phenoxy) is 1. The molecule has 0 radical (unpaired) electrons. The van der Waals surface area contributed by atoms with Gasteiger partial charge in [-0.2, -0.15) is 4.31 Å². The summed E-state index contributed by atoms with van der Waals surface area (Å²) >= 11 is 0. The number of fused-ring (bicyclic) bond motifs is 1. The second-order valence-corrected chi connectivity index (χ2v) is 9.97. The van der Waals surface area contributed by atoms with E-state index in [1.54, 1.807) is 24.3 Å². The van der Waals surface area contributed by atoms with Crippen LogP contribution in [-0.2, 0) is 14.8 Å². The van der Waals surface area contributed by atoms with Gasteiger partial charge in [0.05, 0.1) is 34.9 Å². The number of morpholine rings is 1. The summed E-state index contributed by atoms with van der Waals surface area (Å²) in [7, 11) is -3.62. The number of imide groups is 1. The van der Waals surface area contributed by atoms with Crippen LogP contribution in [0.5, 0.6) is 0 Å². The lowest BCUT2D eigenvalue weighted by Crippen LogP contribution is -2.40. The zero-order valence-electron chi connectivity index (χ0n) is 18.5. The van der Waals surface area contributed by atoms with Gasteiger partial charge in [0.2, 0.25) is 10.0 Å². The highest BCUT2D eigenvalue weighted by atomic mass is 32.2. The molecule has 10 heteroatoms. The number of hydrogen-bond donors (Lipinski definition) is 1. The number of carbonyl (C=O) groups excluding carboxylic acids is 3. The number of benzene rings is 3. The van der Waals surface area contributed by atoms with E-state index < -0.39 is 27.7 Å². The Hall–Kier alpha value is -3.86. The molecule has 1 saturated heterocycles. The minimum atomic E-state index is -3.62. The molecule has 2 aliphatic heterocycles. The standard InChI is InChI=1S/C25H21N3O6S/c29-23(26-18-7-11-20(12-8-18)35(32,33)27-13-15-34-16-14-27)17-5-9-19(10-6-17)28-24(30)21-3-1-2-4-22(21)25(28)31/h1-12H,13-16H2,(H,26,29). The van der Waals surface area contributed by atoms with E-state index in [2.05, 4.69) is 5.32 Å². The van der Waals surface area contributed by atoms with E-state index in [1.807, 2.05) is 0 Å². The fourth-order valence-corrected chi connectivity index (χ4v) is 5.44. The van der Waals surface area contributed by atoms with Crippen molar-refractivity contribution in [2.24, 2.45) is 0 Å². The predicted molar refractivity (Wildman–Crippen MR) is 128 cm³/mol. The Morgan fingerprint density at radius 2 is 1.37 bits per heavy atom. The molecule has 178 valence electrons. The first-order chi connectivity index (χ1) is 16.9.